The van der Waals surface area contributed by atoms with Crippen molar-refractivity contribution in [2.45, 2.75) is 12.8 Å². The lowest BCUT2D eigenvalue weighted by Gasteiger charge is -2.33. The van der Waals surface area contributed by atoms with Crippen molar-refractivity contribution in [3.05, 3.63) is 40.8 Å². The Morgan fingerprint density at radius 3 is 2.96 bits per heavy atom. The number of rotatable bonds is 4. The van der Waals surface area contributed by atoms with Crippen LogP contribution in [0.3, 0.4) is 0 Å². The number of nitrogens with zero attached hydrogens (tertiary/aromatic N) is 5. The number of piperidine rings is 1. The van der Waals surface area contributed by atoms with Gasteiger partial charge >= 0.3 is 6.01 Å². The van der Waals surface area contributed by atoms with Gasteiger partial charge in [-0.2, -0.15) is 5.26 Å². The molecule has 0 radical (unpaired) electrons. The molecule has 1 fully saturated rings. The molecule has 3 rings (SSSR count). The highest BCUT2D eigenvalue weighted by Gasteiger charge is 2.23. The van der Waals surface area contributed by atoms with Crippen LogP contribution in [0.15, 0.2) is 35.2 Å². The molecule has 3 heterocycles. The molecule has 0 saturated carbocycles. The predicted octanol–water partition coefficient (Wildman–Crippen LogP) is 2.80. The minimum absolute atomic E-state index is 0.365. The highest BCUT2D eigenvalue weighted by Crippen LogP contribution is 2.24. The molecule has 1 saturated heterocycles. The number of hydrogen-bond donors (Lipinski definition) is 0. The van der Waals surface area contributed by atoms with Gasteiger partial charge in [-0.1, -0.05) is 0 Å². The van der Waals surface area contributed by atoms with Crippen LogP contribution in [-0.4, -0.2) is 34.6 Å². The first-order valence-electron chi connectivity index (χ1n) is 7.46. The second-order valence-electron chi connectivity index (χ2n) is 5.44. The molecule has 1 aliphatic heterocycles. The highest BCUT2D eigenvalue weighted by atomic mass is 79.9. The minimum atomic E-state index is 0.365. The Hall–Kier alpha value is -2.20. The van der Waals surface area contributed by atoms with Crippen LogP contribution in [0.25, 0.3) is 0 Å². The lowest BCUT2D eigenvalue weighted by Crippen LogP contribution is -2.38. The zero-order valence-corrected chi connectivity index (χ0v) is 14.1. The van der Waals surface area contributed by atoms with E-state index in [4.69, 9.17) is 4.74 Å². The molecule has 0 spiro atoms. The van der Waals surface area contributed by atoms with Gasteiger partial charge in [-0.3, -0.25) is 0 Å². The van der Waals surface area contributed by atoms with E-state index in [9.17, 15) is 5.26 Å². The Labute approximate surface area is 143 Å². The van der Waals surface area contributed by atoms with E-state index in [2.05, 4.69) is 41.9 Å². The Kier molecular flexibility index (Phi) is 5.03. The fraction of sp³-hybridized carbons (Fsp3) is 0.375. The van der Waals surface area contributed by atoms with E-state index < -0.39 is 0 Å². The van der Waals surface area contributed by atoms with Crippen LogP contribution >= 0.6 is 15.9 Å². The summed E-state index contributed by atoms with van der Waals surface area (Å²) in [5.41, 5.74) is 0.616. The fourth-order valence-electron chi connectivity index (χ4n) is 2.70. The summed E-state index contributed by atoms with van der Waals surface area (Å²) in [6, 6.07) is 6.19. The average molecular weight is 374 g/mol. The summed E-state index contributed by atoms with van der Waals surface area (Å²) in [5.74, 6) is 1.13. The molecular formula is C16H16BrN5O. The quantitative estimate of drug-likeness (QED) is 0.819. The van der Waals surface area contributed by atoms with E-state index in [0.29, 0.717) is 24.1 Å². The first-order valence-corrected chi connectivity index (χ1v) is 8.26. The van der Waals surface area contributed by atoms with Gasteiger partial charge in [-0.05, 0) is 40.9 Å². The monoisotopic (exact) mass is 373 g/mol. The van der Waals surface area contributed by atoms with Crippen molar-refractivity contribution in [3.63, 3.8) is 0 Å². The van der Waals surface area contributed by atoms with Crippen LogP contribution in [0.4, 0.5) is 5.82 Å². The molecule has 2 aromatic rings. The van der Waals surface area contributed by atoms with E-state index in [1.54, 1.807) is 30.7 Å². The van der Waals surface area contributed by atoms with E-state index in [1.807, 2.05) is 0 Å². The standard InChI is InChI=1S/C16H16BrN5O/c17-14-8-20-16(21-9-14)23-11-12-3-2-6-22(10-12)15-13(7-18)4-1-5-19-15/h1,4-5,8-9,12H,2-3,6,10-11H2. The zero-order chi connectivity index (χ0) is 16.1. The maximum absolute atomic E-state index is 9.23. The van der Waals surface area contributed by atoms with Crippen molar-refractivity contribution in [2.24, 2.45) is 5.92 Å². The Bertz CT molecular complexity index is 700. The number of ether oxygens (including phenoxy) is 1. The molecule has 0 aromatic carbocycles. The normalized spacial score (nSPS) is 17.6. The first-order chi connectivity index (χ1) is 11.3. The summed E-state index contributed by atoms with van der Waals surface area (Å²) < 4.78 is 6.51. The summed E-state index contributed by atoms with van der Waals surface area (Å²) in [6.45, 7) is 2.30. The van der Waals surface area contributed by atoms with Crippen molar-refractivity contribution in [1.82, 2.24) is 15.0 Å². The van der Waals surface area contributed by atoms with Crippen LogP contribution in [0.1, 0.15) is 18.4 Å². The van der Waals surface area contributed by atoms with Gasteiger partial charge in [-0.15, -0.1) is 0 Å². The van der Waals surface area contributed by atoms with Gasteiger partial charge in [0.1, 0.15) is 11.9 Å². The van der Waals surface area contributed by atoms with E-state index in [-0.39, 0.29) is 0 Å². The summed E-state index contributed by atoms with van der Waals surface area (Å²) in [4.78, 5) is 14.8. The maximum atomic E-state index is 9.23. The third kappa shape index (κ3) is 3.96. The summed E-state index contributed by atoms with van der Waals surface area (Å²) in [6.07, 6.45) is 7.20. The molecule has 7 heteroatoms. The number of aromatic nitrogens is 3. The first kappa shape index (κ1) is 15.7. The summed E-state index contributed by atoms with van der Waals surface area (Å²) >= 11 is 3.30. The fourth-order valence-corrected chi connectivity index (χ4v) is 2.90. The summed E-state index contributed by atoms with van der Waals surface area (Å²) in [5, 5.41) is 9.23. The summed E-state index contributed by atoms with van der Waals surface area (Å²) in [7, 11) is 0. The predicted molar refractivity (Wildman–Crippen MR) is 89.1 cm³/mol. The molecule has 23 heavy (non-hydrogen) atoms. The molecule has 1 atom stereocenters. The Morgan fingerprint density at radius 2 is 2.17 bits per heavy atom. The third-order valence-corrected chi connectivity index (χ3v) is 4.18. The van der Waals surface area contributed by atoms with Crippen LogP contribution < -0.4 is 9.64 Å². The second kappa shape index (κ2) is 7.38. The van der Waals surface area contributed by atoms with E-state index in [0.717, 1.165) is 36.2 Å². The highest BCUT2D eigenvalue weighted by molar-refractivity contribution is 9.10. The Balaban J connectivity index is 1.62. The van der Waals surface area contributed by atoms with Crippen molar-refractivity contribution in [2.75, 3.05) is 24.6 Å². The largest absolute Gasteiger partial charge is 0.463 e. The lowest BCUT2D eigenvalue weighted by atomic mass is 9.98. The molecule has 2 aromatic heterocycles. The second-order valence-corrected chi connectivity index (χ2v) is 6.35. The maximum Gasteiger partial charge on any atom is 0.316 e. The van der Waals surface area contributed by atoms with Crippen LogP contribution in [0, 0.1) is 17.2 Å². The topological polar surface area (TPSA) is 74.9 Å². The van der Waals surface area contributed by atoms with Gasteiger partial charge in [-0.25, -0.2) is 15.0 Å². The SMILES string of the molecule is N#Cc1cccnc1N1CCCC(COc2ncc(Br)cn2)C1. The lowest BCUT2D eigenvalue weighted by molar-refractivity contribution is 0.213. The number of anilines is 1. The van der Waals surface area contributed by atoms with Crippen LogP contribution in [-0.2, 0) is 0 Å². The zero-order valence-electron chi connectivity index (χ0n) is 12.5. The van der Waals surface area contributed by atoms with Gasteiger partial charge in [0.05, 0.1) is 16.6 Å². The van der Waals surface area contributed by atoms with Gasteiger partial charge in [0.15, 0.2) is 0 Å². The number of halogens is 1. The molecule has 1 unspecified atom stereocenters. The van der Waals surface area contributed by atoms with Crippen molar-refractivity contribution in [1.29, 1.82) is 5.26 Å². The van der Waals surface area contributed by atoms with Crippen molar-refractivity contribution in [3.8, 4) is 12.1 Å². The van der Waals surface area contributed by atoms with E-state index in [1.165, 1.54) is 0 Å². The molecule has 118 valence electrons. The van der Waals surface area contributed by atoms with Gasteiger partial charge in [0.25, 0.3) is 0 Å². The molecule has 1 aliphatic rings. The van der Waals surface area contributed by atoms with Crippen molar-refractivity contribution >= 4 is 21.7 Å². The van der Waals surface area contributed by atoms with Gasteiger partial charge < -0.3 is 9.64 Å². The molecule has 0 amide bonds. The van der Waals surface area contributed by atoms with E-state index >= 15 is 0 Å². The smallest absolute Gasteiger partial charge is 0.316 e. The molecular weight excluding hydrogens is 358 g/mol. The Morgan fingerprint density at radius 1 is 1.35 bits per heavy atom. The number of pyridine rings is 1. The minimum Gasteiger partial charge on any atom is -0.463 e. The molecule has 0 N–H and O–H groups in total. The van der Waals surface area contributed by atoms with Gasteiger partial charge in [0, 0.05) is 37.6 Å². The van der Waals surface area contributed by atoms with Crippen LogP contribution in [0.5, 0.6) is 6.01 Å². The molecule has 6 nitrogen and oxygen atoms in total. The van der Waals surface area contributed by atoms with Gasteiger partial charge in [0.2, 0.25) is 0 Å². The van der Waals surface area contributed by atoms with Crippen LogP contribution in [0.2, 0.25) is 0 Å². The van der Waals surface area contributed by atoms with Crippen molar-refractivity contribution < 1.29 is 4.74 Å². The third-order valence-electron chi connectivity index (χ3n) is 3.77. The number of nitriles is 1. The molecule has 0 bridgehead atoms. The number of hydrogen-bond acceptors (Lipinski definition) is 6. The molecule has 0 aliphatic carbocycles. The average Bonchev–Trinajstić information content (AvgIpc) is 2.61.